The molecule has 1 aromatic carbocycles. The van der Waals surface area contributed by atoms with E-state index in [-0.39, 0.29) is 0 Å². The zero-order chi connectivity index (χ0) is 14.3. The largest absolute Gasteiger partial charge is 0.493 e. The van der Waals surface area contributed by atoms with Crippen LogP contribution in [0.15, 0.2) is 18.2 Å². The summed E-state index contributed by atoms with van der Waals surface area (Å²) < 4.78 is 5.92. The van der Waals surface area contributed by atoms with E-state index in [0.717, 1.165) is 31.9 Å². The van der Waals surface area contributed by atoms with Crippen LogP contribution in [0.3, 0.4) is 0 Å². The number of benzene rings is 1. The molecule has 0 aliphatic carbocycles. The lowest BCUT2D eigenvalue weighted by atomic mass is 10.1. The van der Waals surface area contributed by atoms with Gasteiger partial charge < -0.3 is 14.5 Å². The highest BCUT2D eigenvalue weighted by molar-refractivity contribution is 5.36. The van der Waals surface area contributed by atoms with Crippen LogP contribution in [0.5, 0.6) is 5.75 Å². The summed E-state index contributed by atoms with van der Waals surface area (Å²) in [5.41, 5.74) is 2.72. The average molecular weight is 266 g/mol. The van der Waals surface area contributed by atoms with Gasteiger partial charge in [-0.1, -0.05) is 13.3 Å². The number of quaternary nitrogens is 2. The van der Waals surface area contributed by atoms with Crippen molar-refractivity contribution in [2.24, 2.45) is 0 Å². The molecular weight excluding hydrogens is 236 g/mol. The van der Waals surface area contributed by atoms with Crippen molar-refractivity contribution in [3.05, 3.63) is 29.3 Å². The molecule has 0 bridgehead atoms. The van der Waals surface area contributed by atoms with Gasteiger partial charge in [-0.2, -0.15) is 0 Å². The topological polar surface area (TPSA) is 18.1 Å². The standard InChI is InChI=1S/C16H28N2O/c1-6-7-10-19-16-9-8-14(12-17(2)3)11-15(16)13-18(4)5/h8-9,11H,6-7,10,12-13H2,1-5H3/p+2. The number of hydrogen-bond acceptors (Lipinski definition) is 1. The third-order valence-electron chi connectivity index (χ3n) is 2.98. The lowest BCUT2D eigenvalue weighted by Gasteiger charge is -2.15. The summed E-state index contributed by atoms with van der Waals surface area (Å²) in [6.45, 7) is 5.09. The minimum atomic E-state index is 0.824. The Kier molecular flexibility index (Phi) is 6.89. The van der Waals surface area contributed by atoms with Gasteiger partial charge in [0.1, 0.15) is 18.8 Å². The highest BCUT2D eigenvalue weighted by atomic mass is 16.5. The molecule has 0 saturated heterocycles. The first-order chi connectivity index (χ1) is 9.02. The van der Waals surface area contributed by atoms with Gasteiger partial charge in [0.15, 0.2) is 0 Å². The van der Waals surface area contributed by atoms with Crippen molar-refractivity contribution < 1.29 is 14.5 Å². The van der Waals surface area contributed by atoms with Crippen molar-refractivity contribution in [1.82, 2.24) is 0 Å². The van der Waals surface area contributed by atoms with Crippen molar-refractivity contribution in [3.63, 3.8) is 0 Å². The van der Waals surface area contributed by atoms with E-state index in [9.17, 15) is 0 Å². The van der Waals surface area contributed by atoms with Crippen molar-refractivity contribution in [2.45, 2.75) is 32.9 Å². The Balaban J connectivity index is 2.82. The second-order valence-corrected chi connectivity index (χ2v) is 5.91. The Morgan fingerprint density at radius 3 is 2.26 bits per heavy atom. The van der Waals surface area contributed by atoms with E-state index in [1.54, 1.807) is 0 Å². The van der Waals surface area contributed by atoms with Crippen LogP contribution in [0, 0.1) is 0 Å². The molecule has 0 radical (unpaired) electrons. The maximum absolute atomic E-state index is 5.92. The summed E-state index contributed by atoms with van der Waals surface area (Å²) in [7, 11) is 8.73. The molecule has 1 aromatic rings. The normalized spacial score (nSPS) is 11.3. The van der Waals surface area contributed by atoms with Crippen molar-refractivity contribution >= 4 is 0 Å². The van der Waals surface area contributed by atoms with Crippen molar-refractivity contribution in [2.75, 3.05) is 34.8 Å². The Morgan fingerprint density at radius 1 is 1.00 bits per heavy atom. The monoisotopic (exact) mass is 266 g/mol. The predicted molar refractivity (Wildman–Crippen MR) is 79.9 cm³/mol. The summed E-state index contributed by atoms with van der Waals surface area (Å²) in [6.07, 6.45) is 2.30. The van der Waals surface area contributed by atoms with Gasteiger partial charge in [-0.3, -0.25) is 0 Å². The average Bonchev–Trinajstić information content (AvgIpc) is 2.30. The van der Waals surface area contributed by atoms with Gasteiger partial charge in [0.05, 0.1) is 34.8 Å². The van der Waals surface area contributed by atoms with E-state index in [1.807, 2.05) is 0 Å². The molecule has 0 spiro atoms. The highest BCUT2D eigenvalue weighted by Crippen LogP contribution is 2.19. The van der Waals surface area contributed by atoms with Gasteiger partial charge in [0.25, 0.3) is 0 Å². The number of unbranched alkanes of at least 4 members (excludes halogenated alkanes) is 1. The lowest BCUT2D eigenvalue weighted by molar-refractivity contribution is -0.873. The van der Waals surface area contributed by atoms with Crippen LogP contribution < -0.4 is 14.5 Å². The molecule has 108 valence electrons. The second kappa shape index (κ2) is 8.18. The maximum atomic E-state index is 5.92. The smallest absolute Gasteiger partial charge is 0.128 e. The zero-order valence-corrected chi connectivity index (χ0v) is 13.2. The molecular formula is C16H30N2O+2. The fraction of sp³-hybridized carbons (Fsp3) is 0.625. The minimum absolute atomic E-state index is 0.824. The fourth-order valence-electron chi connectivity index (χ4n) is 2.14. The minimum Gasteiger partial charge on any atom is -0.493 e. The van der Waals surface area contributed by atoms with Gasteiger partial charge >= 0.3 is 0 Å². The van der Waals surface area contributed by atoms with E-state index in [2.05, 4.69) is 53.3 Å². The van der Waals surface area contributed by atoms with Crippen LogP contribution in [0.1, 0.15) is 30.9 Å². The van der Waals surface area contributed by atoms with Crippen molar-refractivity contribution in [3.8, 4) is 5.75 Å². The quantitative estimate of drug-likeness (QED) is 0.641. The summed E-state index contributed by atoms with van der Waals surface area (Å²) in [4.78, 5) is 2.87. The molecule has 1 rings (SSSR count). The highest BCUT2D eigenvalue weighted by Gasteiger charge is 2.10. The molecule has 0 aliphatic rings. The van der Waals surface area contributed by atoms with Crippen LogP contribution in [-0.2, 0) is 13.1 Å². The molecule has 0 fully saturated rings. The first kappa shape index (κ1) is 16.0. The van der Waals surface area contributed by atoms with Crippen LogP contribution >= 0.6 is 0 Å². The number of rotatable bonds is 8. The third kappa shape index (κ3) is 6.08. The molecule has 0 unspecified atom stereocenters. The number of ether oxygens (including phenoxy) is 1. The molecule has 19 heavy (non-hydrogen) atoms. The van der Waals surface area contributed by atoms with Gasteiger partial charge in [-0.25, -0.2) is 0 Å². The molecule has 0 aliphatic heterocycles. The third-order valence-corrected chi connectivity index (χ3v) is 2.98. The number of hydrogen-bond donors (Lipinski definition) is 2. The SMILES string of the molecule is CCCCOc1ccc(C[NH+](C)C)cc1C[NH+](C)C. The molecule has 0 aromatic heterocycles. The fourth-order valence-corrected chi connectivity index (χ4v) is 2.14. The van der Waals surface area contributed by atoms with Gasteiger partial charge in [0.2, 0.25) is 0 Å². The first-order valence-corrected chi connectivity index (χ1v) is 7.35. The maximum Gasteiger partial charge on any atom is 0.128 e. The van der Waals surface area contributed by atoms with Crippen LogP contribution in [-0.4, -0.2) is 34.8 Å². The summed E-state index contributed by atoms with van der Waals surface area (Å²) >= 11 is 0. The molecule has 3 heteroatoms. The number of nitrogens with one attached hydrogen (secondary N) is 2. The molecule has 0 amide bonds. The molecule has 3 nitrogen and oxygen atoms in total. The Hall–Kier alpha value is -1.06. The second-order valence-electron chi connectivity index (χ2n) is 5.91. The predicted octanol–water partition coefficient (Wildman–Crippen LogP) is 0.155. The Morgan fingerprint density at radius 2 is 1.68 bits per heavy atom. The molecule has 0 atom stereocenters. The van der Waals surface area contributed by atoms with E-state index >= 15 is 0 Å². The van der Waals surface area contributed by atoms with Crippen LogP contribution in [0.25, 0.3) is 0 Å². The van der Waals surface area contributed by atoms with Gasteiger partial charge in [0, 0.05) is 11.1 Å². The molecule has 0 heterocycles. The van der Waals surface area contributed by atoms with Crippen LogP contribution in [0.4, 0.5) is 0 Å². The summed E-state index contributed by atoms with van der Waals surface area (Å²) in [5.74, 6) is 1.06. The van der Waals surface area contributed by atoms with Gasteiger partial charge in [-0.05, 0) is 24.6 Å². The molecule has 0 saturated carbocycles. The lowest BCUT2D eigenvalue weighted by Crippen LogP contribution is -3.04. The van der Waals surface area contributed by atoms with Crippen LogP contribution in [0.2, 0.25) is 0 Å². The van der Waals surface area contributed by atoms with Gasteiger partial charge in [-0.15, -0.1) is 0 Å². The van der Waals surface area contributed by atoms with E-state index in [4.69, 9.17) is 4.74 Å². The van der Waals surface area contributed by atoms with E-state index in [0.29, 0.717) is 0 Å². The van der Waals surface area contributed by atoms with E-state index in [1.165, 1.54) is 27.3 Å². The summed E-state index contributed by atoms with van der Waals surface area (Å²) in [6, 6.07) is 6.65. The molecule has 2 N–H and O–H groups in total. The zero-order valence-electron chi connectivity index (χ0n) is 13.2. The summed E-state index contributed by atoms with van der Waals surface area (Å²) in [5, 5.41) is 0. The van der Waals surface area contributed by atoms with E-state index < -0.39 is 0 Å². The Labute approximate surface area is 118 Å². The van der Waals surface area contributed by atoms with Crippen molar-refractivity contribution in [1.29, 1.82) is 0 Å². The Bertz CT molecular complexity index is 375. The first-order valence-electron chi connectivity index (χ1n) is 7.35.